The molecule has 3 rings (SSSR count). The third kappa shape index (κ3) is 4.59. The van der Waals surface area contributed by atoms with E-state index in [9.17, 15) is 18.0 Å². The first-order valence-electron chi connectivity index (χ1n) is 8.61. The number of hydrazone groups is 1. The molecular formula is C20H17F3N4O3. The van der Waals surface area contributed by atoms with Gasteiger partial charge in [0.25, 0.3) is 5.91 Å². The summed E-state index contributed by atoms with van der Waals surface area (Å²) < 4.78 is 49.4. The molecule has 0 fully saturated rings. The topological polar surface area (TPSA) is 88.6 Å². The second-order valence-electron chi connectivity index (χ2n) is 6.02. The monoisotopic (exact) mass is 418 g/mol. The standard InChI is InChI=1S/C20H17F3N4O3/c1-29-17-8-7-12(9-18(17)30-2)15-10-16(26-25-15)19(28)27-24-11-13-5-3-4-6-14(13)20(21,22)23/h3-11H,1-2H3,(H,25,26)(H,27,28)/b24-11-. The van der Waals surface area contributed by atoms with Crippen LogP contribution in [0.15, 0.2) is 53.6 Å². The summed E-state index contributed by atoms with van der Waals surface area (Å²) in [5.41, 5.74) is 2.39. The van der Waals surface area contributed by atoms with E-state index in [4.69, 9.17) is 9.47 Å². The van der Waals surface area contributed by atoms with E-state index in [1.807, 2.05) is 0 Å². The third-order valence-corrected chi connectivity index (χ3v) is 4.14. The van der Waals surface area contributed by atoms with Gasteiger partial charge in [-0.2, -0.15) is 23.4 Å². The zero-order valence-corrected chi connectivity index (χ0v) is 15.9. The van der Waals surface area contributed by atoms with E-state index in [0.29, 0.717) is 22.8 Å². The lowest BCUT2D eigenvalue weighted by atomic mass is 10.1. The number of amides is 1. The van der Waals surface area contributed by atoms with Crippen LogP contribution in [0.4, 0.5) is 13.2 Å². The molecule has 0 aliphatic carbocycles. The molecule has 0 bridgehead atoms. The number of ether oxygens (including phenoxy) is 2. The van der Waals surface area contributed by atoms with Crippen molar-refractivity contribution in [3.8, 4) is 22.8 Å². The Morgan fingerprint density at radius 2 is 1.83 bits per heavy atom. The second kappa shape index (κ2) is 8.68. The van der Waals surface area contributed by atoms with Gasteiger partial charge >= 0.3 is 6.18 Å². The number of nitrogens with one attached hydrogen (secondary N) is 2. The number of hydrogen-bond donors (Lipinski definition) is 2. The Morgan fingerprint density at radius 3 is 2.53 bits per heavy atom. The summed E-state index contributed by atoms with van der Waals surface area (Å²) in [6.07, 6.45) is -3.59. The van der Waals surface area contributed by atoms with Gasteiger partial charge in [0.2, 0.25) is 0 Å². The molecule has 2 aromatic carbocycles. The van der Waals surface area contributed by atoms with Crippen LogP contribution in [-0.2, 0) is 6.18 Å². The van der Waals surface area contributed by atoms with E-state index in [-0.39, 0.29) is 11.3 Å². The molecule has 1 amide bonds. The average molecular weight is 418 g/mol. The molecule has 30 heavy (non-hydrogen) atoms. The fourth-order valence-electron chi connectivity index (χ4n) is 2.67. The normalized spacial score (nSPS) is 11.5. The van der Waals surface area contributed by atoms with Gasteiger partial charge in [-0.1, -0.05) is 18.2 Å². The lowest BCUT2D eigenvalue weighted by Gasteiger charge is -2.09. The van der Waals surface area contributed by atoms with Crippen molar-refractivity contribution in [2.24, 2.45) is 5.10 Å². The van der Waals surface area contributed by atoms with Crippen molar-refractivity contribution in [1.29, 1.82) is 0 Å². The van der Waals surface area contributed by atoms with Crippen molar-refractivity contribution < 1.29 is 27.4 Å². The minimum Gasteiger partial charge on any atom is -0.493 e. The summed E-state index contributed by atoms with van der Waals surface area (Å²) in [7, 11) is 3.02. The summed E-state index contributed by atoms with van der Waals surface area (Å²) in [4.78, 5) is 12.2. The van der Waals surface area contributed by atoms with Crippen LogP contribution in [0.5, 0.6) is 11.5 Å². The molecule has 0 saturated carbocycles. The maximum atomic E-state index is 13.0. The Labute approximate surface area is 169 Å². The number of methoxy groups -OCH3 is 2. The molecule has 2 N–H and O–H groups in total. The Balaban J connectivity index is 1.73. The molecule has 0 aliphatic heterocycles. The van der Waals surface area contributed by atoms with Crippen LogP contribution in [0.1, 0.15) is 21.6 Å². The van der Waals surface area contributed by atoms with Gasteiger partial charge in [-0.05, 0) is 30.3 Å². The van der Waals surface area contributed by atoms with Gasteiger partial charge in [0.05, 0.1) is 31.7 Å². The summed E-state index contributed by atoms with van der Waals surface area (Å²) >= 11 is 0. The van der Waals surface area contributed by atoms with Crippen LogP contribution in [0.25, 0.3) is 11.3 Å². The number of hydrogen-bond acceptors (Lipinski definition) is 5. The van der Waals surface area contributed by atoms with E-state index in [0.717, 1.165) is 12.3 Å². The molecule has 1 aromatic heterocycles. The van der Waals surface area contributed by atoms with Crippen molar-refractivity contribution in [2.75, 3.05) is 14.2 Å². The smallest absolute Gasteiger partial charge is 0.417 e. The van der Waals surface area contributed by atoms with Gasteiger partial charge < -0.3 is 9.47 Å². The first-order chi connectivity index (χ1) is 14.3. The zero-order chi connectivity index (χ0) is 21.7. The molecule has 156 valence electrons. The predicted molar refractivity (Wildman–Crippen MR) is 104 cm³/mol. The van der Waals surface area contributed by atoms with E-state index in [1.54, 1.807) is 18.2 Å². The van der Waals surface area contributed by atoms with Crippen LogP contribution in [0.2, 0.25) is 0 Å². The maximum absolute atomic E-state index is 13.0. The predicted octanol–water partition coefficient (Wildman–Crippen LogP) is 3.88. The minimum atomic E-state index is -4.52. The molecule has 0 saturated heterocycles. The van der Waals surface area contributed by atoms with Crippen molar-refractivity contribution in [2.45, 2.75) is 6.18 Å². The Kier molecular flexibility index (Phi) is 6.05. The number of H-pyrrole nitrogens is 1. The number of carbonyl (C=O) groups excluding carboxylic acids is 1. The third-order valence-electron chi connectivity index (χ3n) is 4.14. The van der Waals surface area contributed by atoms with Crippen LogP contribution < -0.4 is 14.9 Å². The van der Waals surface area contributed by atoms with Crippen LogP contribution >= 0.6 is 0 Å². The SMILES string of the molecule is COc1ccc(-c2cc(C(=O)N/N=C\c3ccccc3C(F)(F)F)[nH]n2)cc1OC. The molecule has 0 radical (unpaired) electrons. The van der Waals surface area contributed by atoms with Gasteiger partial charge in [0.15, 0.2) is 11.5 Å². The molecule has 1 heterocycles. The quantitative estimate of drug-likeness (QED) is 0.470. The number of rotatable bonds is 6. The lowest BCUT2D eigenvalue weighted by molar-refractivity contribution is -0.137. The Hall–Kier alpha value is -3.82. The number of benzene rings is 2. The van der Waals surface area contributed by atoms with Crippen LogP contribution in [0, 0.1) is 0 Å². The van der Waals surface area contributed by atoms with Gasteiger partial charge in [-0.15, -0.1) is 0 Å². The molecule has 3 aromatic rings. The Morgan fingerprint density at radius 1 is 1.10 bits per heavy atom. The van der Waals surface area contributed by atoms with Crippen molar-refractivity contribution in [1.82, 2.24) is 15.6 Å². The number of aromatic nitrogens is 2. The summed E-state index contributed by atoms with van der Waals surface area (Å²) in [6, 6.07) is 11.5. The average Bonchev–Trinajstić information content (AvgIpc) is 3.23. The highest BCUT2D eigenvalue weighted by atomic mass is 19.4. The number of alkyl halides is 3. The van der Waals surface area contributed by atoms with E-state index >= 15 is 0 Å². The molecule has 0 aliphatic rings. The molecular weight excluding hydrogens is 401 g/mol. The first kappa shape index (κ1) is 20.9. The maximum Gasteiger partial charge on any atom is 0.417 e. The van der Waals surface area contributed by atoms with Crippen molar-refractivity contribution >= 4 is 12.1 Å². The zero-order valence-electron chi connectivity index (χ0n) is 15.9. The number of aromatic amines is 1. The molecule has 0 unspecified atom stereocenters. The van der Waals surface area contributed by atoms with Gasteiger partial charge in [-0.3, -0.25) is 9.89 Å². The number of nitrogens with zero attached hydrogens (tertiary/aromatic N) is 2. The van der Waals surface area contributed by atoms with Crippen LogP contribution in [-0.4, -0.2) is 36.5 Å². The highest BCUT2D eigenvalue weighted by molar-refractivity contribution is 5.94. The van der Waals surface area contributed by atoms with Gasteiger partial charge in [-0.25, -0.2) is 5.43 Å². The summed E-state index contributed by atoms with van der Waals surface area (Å²) in [5, 5.41) is 10.2. The fourth-order valence-corrected chi connectivity index (χ4v) is 2.67. The van der Waals surface area contributed by atoms with Crippen molar-refractivity contribution in [3.63, 3.8) is 0 Å². The highest BCUT2D eigenvalue weighted by Crippen LogP contribution is 2.32. The summed E-state index contributed by atoms with van der Waals surface area (Å²) in [5.74, 6) is 0.384. The highest BCUT2D eigenvalue weighted by Gasteiger charge is 2.32. The molecule has 7 nitrogen and oxygen atoms in total. The Bertz CT molecular complexity index is 1080. The molecule has 0 spiro atoms. The fraction of sp³-hybridized carbons (Fsp3) is 0.150. The summed E-state index contributed by atoms with van der Waals surface area (Å²) in [6.45, 7) is 0. The van der Waals surface area contributed by atoms with Gasteiger partial charge in [0, 0.05) is 11.1 Å². The van der Waals surface area contributed by atoms with E-state index in [1.165, 1.54) is 38.5 Å². The minimum absolute atomic E-state index is 0.0843. The van der Waals surface area contributed by atoms with Gasteiger partial charge in [0.1, 0.15) is 5.69 Å². The first-order valence-corrected chi connectivity index (χ1v) is 8.61. The van der Waals surface area contributed by atoms with E-state index in [2.05, 4.69) is 20.7 Å². The largest absolute Gasteiger partial charge is 0.493 e. The van der Waals surface area contributed by atoms with Crippen molar-refractivity contribution in [3.05, 3.63) is 65.4 Å². The lowest BCUT2D eigenvalue weighted by Crippen LogP contribution is -2.18. The second-order valence-corrected chi connectivity index (χ2v) is 6.02. The number of carbonyl (C=O) groups is 1. The molecule has 10 heteroatoms. The molecule has 0 atom stereocenters. The van der Waals surface area contributed by atoms with E-state index < -0.39 is 17.6 Å². The number of halogens is 3. The van der Waals surface area contributed by atoms with Crippen LogP contribution in [0.3, 0.4) is 0 Å².